The van der Waals surface area contributed by atoms with E-state index in [4.69, 9.17) is 5.73 Å². The molecule has 2 heterocycles. The van der Waals surface area contributed by atoms with Crippen molar-refractivity contribution in [2.45, 2.75) is 12.5 Å². The molecule has 1 fully saturated rings. The lowest BCUT2D eigenvalue weighted by Gasteiger charge is -2.15. The number of anilines is 2. The summed E-state index contributed by atoms with van der Waals surface area (Å²) in [4.78, 5) is 24.7. The van der Waals surface area contributed by atoms with E-state index in [-0.39, 0.29) is 29.3 Å². The van der Waals surface area contributed by atoms with Gasteiger partial charge in [-0.2, -0.15) is 9.97 Å². The number of aliphatic hydroxyl groups is 2. The highest BCUT2D eigenvalue weighted by Crippen LogP contribution is 2.69. The van der Waals surface area contributed by atoms with Crippen LogP contribution in [-0.2, 0) is 4.79 Å². The number of carbonyl (C=O) groups is 1. The van der Waals surface area contributed by atoms with Crippen LogP contribution < -0.4 is 16.4 Å². The molecular weight excluding hydrogens is 314 g/mol. The molecular formula is C14H17N7O3. The Labute approximate surface area is 136 Å². The first-order valence-corrected chi connectivity index (χ1v) is 7.48. The summed E-state index contributed by atoms with van der Waals surface area (Å²) in [6.45, 7) is 0. The monoisotopic (exact) mass is 331 g/mol. The molecule has 0 bridgehead atoms. The van der Waals surface area contributed by atoms with Crippen LogP contribution in [-0.4, -0.2) is 49.7 Å². The van der Waals surface area contributed by atoms with E-state index in [9.17, 15) is 15.0 Å². The Morgan fingerprint density at radius 3 is 2.83 bits per heavy atom. The molecule has 2 aromatic heterocycles. The number of aliphatic hydroxyl groups excluding tert-OH is 2. The van der Waals surface area contributed by atoms with E-state index in [0.717, 1.165) is 0 Å². The van der Waals surface area contributed by atoms with Crippen LogP contribution in [0.1, 0.15) is 12.5 Å². The Kier molecular flexibility index (Phi) is 2.72. The molecule has 0 aliphatic heterocycles. The maximum atomic E-state index is 12.2. The molecule has 0 spiro atoms. The number of imidazole rings is 1. The van der Waals surface area contributed by atoms with Gasteiger partial charge in [0.2, 0.25) is 11.9 Å². The summed E-state index contributed by atoms with van der Waals surface area (Å²) in [6, 6.07) is -0.619. The van der Waals surface area contributed by atoms with E-state index in [0.29, 0.717) is 23.4 Å². The van der Waals surface area contributed by atoms with Gasteiger partial charge in [0.25, 0.3) is 0 Å². The number of nitrogens with two attached hydrogens (primary N) is 1. The Balaban J connectivity index is 1.86. The van der Waals surface area contributed by atoms with Crippen LogP contribution in [0.15, 0.2) is 17.8 Å². The highest BCUT2D eigenvalue weighted by atomic mass is 16.3. The summed E-state index contributed by atoms with van der Waals surface area (Å²) in [5.41, 5.74) is 5.60. The maximum absolute atomic E-state index is 12.2. The number of nitrogen functional groups attached to an aromatic ring is 1. The van der Waals surface area contributed by atoms with Gasteiger partial charge in [-0.3, -0.25) is 4.79 Å². The van der Waals surface area contributed by atoms with Gasteiger partial charge in [0.05, 0.1) is 6.33 Å². The zero-order chi connectivity index (χ0) is 17.2. The van der Waals surface area contributed by atoms with Gasteiger partial charge in [-0.05, 0) is 6.42 Å². The third-order valence-electron chi connectivity index (χ3n) is 4.95. The predicted molar refractivity (Wildman–Crippen MR) is 85.2 cm³/mol. The number of nitrogens with one attached hydrogen (secondary N) is 2. The predicted octanol–water partition coefficient (Wildman–Crippen LogP) is 0.0848. The van der Waals surface area contributed by atoms with Gasteiger partial charge in [0.15, 0.2) is 22.7 Å². The van der Waals surface area contributed by atoms with Crippen LogP contribution >= 0.6 is 0 Å². The van der Waals surface area contributed by atoms with E-state index >= 15 is 0 Å². The molecule has 0 unspecified atom stereocenters. The quantitative estimate of drug-likeness (QED) is 0.530. The zero-order valence-corrected chi connectivity index (χ0v) is 13.1. The van der Waals surface area contributed by atoms with Gasteiger partial charge in [0, 0.05) is 20.0 Å². The molecule has 10 nitrogen and oxygen atoms in total. The molecule has 1 amide bonds. The molecule has 6 N–H and O–H groups in total. The minimum absolute atomic E-state index is 0.0626. The van der Waals surface area contributed by atoms with Gasteiger partial charge < -0.3 is 31.1 Å². The van der Waals surface area contributed by atoms with Crippen LogP contribution in [0.2, 0.25) is 0 Å². The van der Waals surface area contributed by atoms with Crippen molar-refractivity contribution in [3.63, 3.8) is 0 Å². The SMILES string of the molecule is CNC(=O)[C@@]12C[C@@H]1[C@@H](n1cnc3c(NC)nc(N)nc31)C(O)=C2O. The van der Waals surface area contributed by atoms with Crippen LogP contribution in [0, 0.1) is 11.3 Å². The number of fused-ring (bicyclic) bond motifs is 2. The van der Waals surface area contributed by atoms with E-state index in [2.05, 4.69) is 25.6 Å². The van der Waals surface area contributed by atoms with Crippen LogP contribution in [0.4, 0.5) is 11.8 Å². The lowest BCUT2D eigenvalue weighted by atomic mass is 10.0. The van der Waals surface area contributed by atoms with E-state index < -0.39 is 11.5 Å². The molecule has 0 saturated heterocycles. The molecule has 2 aliphatic carbocycles. The van der Waals surface area contributed by atoms with E-state index in [1.165, 1.54) is 13.4 Å². The Morgan fingerprint density at radius 2 is 2.17 bits per heavy atom. The molecule has 3 atom stereocenters. The molecule has 10 heteroatoms. The summed E-state index contributed by atoms with van der Waals surface area (Å²) in [5, 5.41) is 26.2. The molecule has 2 aromatic rings. The van der Waals surface area contributed by atoms with Gasteiger partial charge in [0.1, 0.15) is 17.2 Å². The summed E-state index contributed by atoms with van der Waals surface area (Å²) in [6.07, 6.45) is 1.96. The smallest absolute Gasteiger partial charge is 0.234 e. The Morgan fingerprint density at radius 1 is 1.42 bits per heavy atom. The molecule has 24 heavy (non-hydrogen) atoms. The summed E-state index contributed by atoms with van der Waals surface area (Å²) in [7, 11) is 3.19. The van der Waals surface area contributed by atoms with Crippen molar-refractivity contribution in [1.82, 2.24) is 24.8 Å². The minimum Gasteiger partial charge on any atom is -0.508 e. The average molecular weight is 331 g/mol. The van der Waals surface area contributed by atoms with Crippen molar-refractivity contribution < 1.29 is 15.0 Å². The molecule has 1 saturated carbocycles. The molecule has 0 aromatic carbocycles. The topological polar surface area (TPSA) is 151 Å². The molecule has 2 aliphatic rings. The van der Waals surface area contributed by atoms with E-state index in [1.807, 2.05) is 0 Å². The highest BCUT2D eigenvalue weighted by Gasteiger charge is 2.72. The van der Waals surface area contributed by atoms with Gasteiger partial charge in [-0.15, -0.1) is 0 Å². The second-order valence-corrected chi connectivity index (χ2v) is 6.04. The number of rotatable bonds is 3. The van der Waals surface area contributed by atoms with Crippen molar-refractivity contribution in [1.29, 1.82) is 0 Å². The first kappa shape index (κ1) is 14.5. The normalized spacial score (nSPS) is 28.1. The zero-order valence-electron chi connectivity index (χ0n) is 13.1. The third-order valence-corrected chi connectivity index (χ3v) is 4.95. The second-order valence-electron chi connectivity index (χ2n) is 6.04. The number of allylic oxidation sites excluding steroid dienone is 1. The lowest BCUT2D eigenvalue weighted by Crippen LogP contribution is -2.30. The van der Waals surface area contributed by atoms with Crippen molar-refractivity contribution in [3.8, 4) is 0 Å². The third kappa shape index (κ3) is 1.54. The first-order valence-electron chi connectivity index (χ1n) is 7.48. The minimum atomic E-state index is -1.06. The van der Waals surface area contributed by atoms with Crippen molar-refractivity contribution >= 4 is 28.8 Å². The molecule has 126 valence electrons. The van der Waals surface area contributed by atoms with E-state index in [1.54, 1.807) is 11.6 Å². The lowest BCUT2D eigenvalue weighted by molar-refractivity contribution is -0.125. The molecule has 4 rings (SSSR count). The number of carbonyl (C=O) groups excluding carboxylic acids is 1. The Hall–Kier alpha value is -3.04. The summed E-state index contributed by atoms with van der Waals surface area (Å²) >= 11 is 0. The molecule has 0 radical (unpaired) electrons. The standard InChI is InChI=1S/C14H17N7O3/c1-16-10-6-11(20-13(15)19-10)21(4-18-6)7-5-3-14(5,12(24)17-2)9(23)8(7)22/h4-5,7,22-23H,3H2,1-2H3,(H,17,24)(H3,15,16,19,20)/t5-,7-,14+/m1/s1. The number of nitrogens with zero attached hydrogens (tertiary/aromatic N) is 4. The second kappa shape index (κ2) is 4.49. The average Bonchev–Trinajstić information content (AvgIpc) is 3.12. The van der Waals surface area contributed by atoms with Crippen LogP contribution in [0.25, 0.3) is 11.2 Å². The Bertz CT molecular complexity index is 905. The van der Waals surface area contributed by atoms with Crippen LogP contribution in [0.5, 0.6) is 0 Å². The highest BCUT2D eigenvalue weighted by molar-refractivity contribution is 5.90. The fraction of sp³-hybridized carbons (Fsp3) is 0.429. The number of hydrogen-bond donors (Lipinski definition) is 5. The largest absolute Gasteiger partial charge is 0.508 e. The number of amides is 1. The van der Waals surface area contributed by atoms with Gasteiger partial charge in [-0.1, -0.05) is 0 Å². The number of hydrogen-bond acceptors (Lipinski definition) is 8. The summed E-state index contributed by atoms with van der Waals surface area (Å²) in [5.74, 6) is -0.563. The maximum Gasteiger partial charge on any atom is 0.234 e. The fourth-order valence-electron chi connectivity index (χ4n) is 3.73. The number of aromatic nitrogens is 4. The van der Waals surface area contributed by atoms with Crippen LogP contribution in [0.3, 0.4) is 0 Å². The van der Waals surface area contributed by atoms with Gasteiger partial charge in [-0.25, -0.2) is 4.98 Å². The van der Waals surface area contributed by atoms with Gasteiger partial charge >= 0.3 is 0 Å². The summed E-state index contributed by atoms with van der Waals surface area (Å²) < 4.78 is 1.63. The van der Waals surface area contributed by atoms with Crippen molar-refractivity contribution in [2.75, 3.05) is 25.1 Å². The van der Waals surface area contributed by atoms with Crippen molar-refractivity contribution in [2.24, 2.45) is 11.3 Å². The van der Waals surface area contributed by atoms with Crippen molar-refractivity contribution in [3.05, 3.63) is 17.8 Å². The fourth-order valence-corrected chi connectivity index (χ4v) is 3.73. The first-order chi connectivity index (χ1) is 11.5.